The Labute approximate surface area is 102 Å². The Morgan fingerprint density at radius 3 is 2.81 bits per heavy atom. The summed E-state index contributed by atoms with van der Waals surface area (Å²) in [4.78, 5) is 11.7. The Morgan fingerprint density at radius 1 is 1.44 bits per heavy atom. The Morgan fingerprint density at radius 2 is 2.19 bits per heavy atom. The van der Waals surface area contributed by atoms with E-state index in [-0.39, 0.29) is 18.0 Å². The van der Waals surface area contributed by atoms with E-state index in [1.54, 1.807) is 19.2 Å². The van der Waals surface area contributed by atoms with Gasteiger partial charge in [-0.15, -0.1) is 0 Å². The molecule has 0 aromatic carbocycles. The maximum atomic E-state index is 11.7. The van der Waals surface area contributed by atoms with Crippen LogP contribution in [0.25, 0.3) is 0 Å². The lowest BCUT2D eigenvalue weighted by atomic mass is 10.2. The van der Waals surface area contributed by atoms with Crippen LogP contribution < -0.4 is 0 Å². The smallest absolute Gasteiger partial charge is 0.374 e. The van der Waals surface area contributed by atoms with Crippen LogP contribution in [0.1, 0.15) is 29.8 Å². The van der Waals surface area contributed by atoms with Gasteiger partial charge in [0.25, 0.3) is 0 Å². The highest BCUT2D eigenvalue weighted by atomic mass is 79.9. The van der Waals surface area contributed by atoms with Crippen molar-refractivity contribution in [2.24, 2.45) is 0 Å². The summed E-state index contributed by atoms with van der Waals surface area (Å²) in [6.45, 7) is 0. The third kappa shape index (κ3) is 2.47. The van der Waals surface area contributed by atoms with Crippen molar-refractivity contribution in [2.45, 2.75) is 31.5 Å². The van der Waals surface area contributed by atoms with Crippen molar-refractivity contribution in [1.29, 1.82) is 0 Å². The minimum Gasteiger partial charge on any atom is -0.454 e. The molecule has 0 amide bonds. The number of methoxy groups -OCH3 is 1. The van der Waals surface area contributed by atoms with E-state index in [0.29, 0.717) is 4.67 Å². The van der Waals surface area contributed by atoms with Gasteiger partial charge in [-0.3, -0.25) is 0 Å². The zero-order valence-corrected chi connectivity index (χ0v) is 10.5. The molecule has 0 spiro atoms. The molecule has 16 heavy (non-hydrogen) atoms. The number of hydrogen-bond donors (Lipinski definition) is 0. The SMILES string of the molecule is CO[C@@H]1CCC[C@H]1OC(=O)c1ccc(Br)o1. The molecule has 4 nitrogen and oxygen atoms in total. The second kappa shape index (κ2) is 5.01. The van der Waals surface area contributed by atoms with Gasteiger partial charge in [-0.1, -0.05) is 0 Å². The maximum Gasteiger partial charge on any atom is 0.374 e. The molecule has 0 N–H and O–H groups in total. The Bertz CT molecular complexity index is 374. The molecular weight excluding hydrogens is 276 g/mol. The predicted molar refractivity (Wildman–Crippen MR) is 60.3 cm³/mol. The van der Waals surface area contributed by atoms with Gasteiger partial charge in [0.05, 0.1) is 6.10 Å². The molecule has 2 atom stereocenters. The number of furan rings is 1. The van der Waals surface area contributed by atoms with Crippen LogP contribution >= 0.6 is 15.9 Å². The van der Waals surface area contributed by atoms with Gasteiger partial charge in [0.2, 0.25) is 5.76 Å². The van der Waals surface area contributed by atoms with Crippen molar-refractivity contribution in [3.63, 3.8) is 0 Å². The molecule has 1 aliphatic rings. The first-order valence-electron chi connectivity index (χ1n) is 5.20. The predicted octanol–water partition coefficient (Wildman–Crippen LogP) is 2.77. The number of ether oxygens (including phenoxy) is 2. The quantitative estimate of drug-likeness (QED) is 0.803. The van der Waals surface area contributed by atoms with Crippen LogP contribution in [0.3, 0.4) is 0 Å². The molecule has 0 radical (unpaired) electrons. The highest BCUT2D eigenvalue weighted by molar-refractivity contribution is 9.10. The number of hydrogen-bond acceptors (Lipinski definition) is 4. The van der Waals surface area contributed by atoms with Gasteiger partial charge < -0.3 is 13.9 Å². The monoisotopic (exact) mass is 288 g/mol. The van der Waals surface area contributed by atoms with Crippen LogP contribution in [-0.4, -0.2) is 25.3 Å². The van der Waals surface area contributed by atoms with E-state index in [1.807, 2.05) is 0 Å². The summed E-state index contributed by atoms with van der Waals surface area (Å²) in [6, 6.07) is 3.25. The molecule has 5 heteroatoms. The third-order valence-electron chi connectivity index (χ3n) is 2.73. The lowest BCUT2D eigenvalue weighted by Gasteiger charge is -2.17. The van der Waals surface area contributed by atoms with Crippen molar-refractivity contribution in [1.82, 2.24) is 0 Å². The molecule has 1 aliphatic carbocycles. The van der Waals surface area contributed by atoms with Crippen molar-refractivity contribution >= 4 is 21.9 Å². The van der Waals surface area contributed by atoms with Gasteiger partial charge in [0.1, 0.15) is 6.10 Å². The first kappa shape index (κ1) is 11.7. The van der Waals surface area contributed by atoms with E-state index in [0.717, 1.165) is 19.3 Å². The average Bonchev–Trinajstić information content (AvgIpc) is 2.86. The summed E-state index contributed by atoms with van der Waals surface area (Å²) in [6.07, 6.45) is 2.68. The summed E-state index contributed by atoms with van der Waals surface area (Å²) in [5.74, 6) is -0.215. The largest absolute Gasteiger partial charge is 0.454 e. The van der Waals surface area contributed by atoms with Crippen LogP contribution in [0.2, 0.25) is 0 Å². The first-order chi connectivity index (χ1) is 7.70. The molecule has 88 valence electrons. The normalized spacial score (nSPS) is 24.6. The van der Waals surface area contributed by atoms with Crippen LogP contribution in [-0.2, 0) is 9.47 Å². The van der Waals surface area contributed by atoms with E-state index in [1.165, 1.54) is 0 Å². The Balaban J connectivity index is 1.97. The van der Waals surface area contributed by atoms with E-state index in [2.05, 4.69) is 15.9 Å². The van der Waals surface area contributed by atoms with Gasteiger partial charge >= 0.3 is 5.97 Å². The van der Waals surface area contributed by atoms with Crippen molar-refractivity contribution < 1.29 is 18.7 Å². The molecule has 1 heterocycles. The lowest BCUT2D eigenvalue weighted by Crippen LogP contribution is -2.27. The Hall–Kier alpha value is -0.810. The van der Waals surface area contributed by atoms with Crippen LogP contribution in [0.4, 0.5) is 0 Å². The first-order valence-corrected chi connectivity index (χ1v) is 5.99. The van der Waals surface area contributed by atoms with E-state index >= 15 is 0 Å². The van der Waals surface area contributed by atoms with Gasteiger partial charge in [-0.25, -0.2) is 4.79 Å². The summed E-state index contributed by atoms with van der Waals surface area (Å²) >= 11 is 3.14. The third-order valence-corrected chi connectivity index (χ3v) is 3.15. The van der Waals surface area contributed by atoms with Crippen LogP contribution in [0.15, 0.2) is 21.2 Å². The molecular formula is C11H13BrO4. The van der Waals surface area contributed by atoms with E-state index < -0.39 is 5.97 Å². The maximum absolute atomic E-state index is 11.7. The second-order valence-electron chi connectivity index (χ2n) is 3.75. The number of rotatable bonds is 3. The summed E-state index contributed by atoms with van der Waals surface area (Å²) in [5.41, 5.74) is 0. The molecule has 1 aromatic rings. The van der Waals surface area contributed by atoms with Crippen molar-refractivity contribution in [2.75, 3.05) is 7.11 Å². The number of esters is 1. The van der Waals surface area contributed by atoms with Gasteiger partial charge in [-0.2, -0.15) is 0 Å². The number of halogens is 1. The second-order valence-corrected chi connectivity index (χ2v) is 4.53. The highest BCUT2D eigenvalue weighted by Gasteiger charge is 2.31. The van der Waals surface area contributed by atoms with Crippen LogP contribution in [0, 0.1) is 0 Å². The minimum absolute atomic E-state index is 0.0161. The topological polar surface area (TPSA) is 48.7 Å². The molecule has 0 saturated heterocycles. The lowest BCUT2D eigenvalue weighted by molar-refractivity contribution is -0.0227. The molecule has 0 aliphatic heterocycles. The fourth-order valence-electron chi connectivity index (χ4n) is 1.92. The molecule has 2 rings (SSSR count). The molecule has 0 unspecified atom stereocenters. The van der Waals surface area contributed by atoms with Gasteiger partial charge in [0, 0.05) is 7.11 Å². The standard InChI is InChI=1S/C11H13BrO4/c1-14-7-3-2-4-8(7)16-11(13)9-5-6-10(12)15-9/h5-8H,2-4H2,1H3/t7-,8-/m1/s1. The number of carbonyl (C=O) groups is 1. The van der Waals surface area contributed by atoms with Crippen molar-refractivity contribution in [3.8, 4) is 0 Å². The Kier molecular flexibility index (Phi) is 3.66. The molecule has 1 fully saturated rings. The van der Waals surface area contributed by atoms with Gasteiger partial charge in [0.15, 0.2) is 4.67 Å². The van der Waals surface area contributed by atoms with E-state index in [4.69, 9.17) is 13.9 Å². The summed E-state index contributed by atoms with van der Waals surface area (Å²) in [7, 11) is 1.64. The average molecular weight is 289 g/mol. The number of carbonyl (C=O) groups excluding carboxylic acids is 1. The zero-order valence-electron chi connectivity index (χ0n) is 8.94. The summed E-state index contributed by atoms with van der Waals surface area (Å²) in [5, 5.41) is 0. The van der Waals surface area contributed by atoms with Crippen molar-refractivity contribution in [3.05, 3.63) is 22.6 Å². The fraction of sp³-hybridized carbons (Fsp3) is 0.545. The molecule has 1 saturated carbocycles. The molecule has 1 aromatic heterocycles. The fourth-order valence-corrected chi connectivity index (χ4v) is 2.22. The highest BCUT2D eigenvalue weighted by Crippen LogP contribution is 2.25. The van der Waals surface area contributed by atoms with Crippen LogP contribution in [0.5, 0.6) is 0 Å². The zero-order chi connectivity index (χ0) is 11.5. The van der Waals surface area contributed by atoms with E-state index in [9.17, 15) is 4.79 Å². The molecule has 0 bridgehead atoms. The summed E-state index contributed by atoms with van der Waals surface area (Å²) < 4.78 is 16.2. The minimum atomic E-state index is -0.431. The van der Waals surface area contributed by atoms with Gasteiger partial charge in [-0.05, 0) is 47.3 Å².